The van der Waals surface area contributed by atoms with Crippen molar-refractivity contribution in [2.75, 3.05) is 7.11 Å². The lowest BCUT2D eigenvalue weighted by atomic mass is 9.99. The Bertz CT molecular complexity index is 759. The smallest absolute Gasteiger partial charge is 0.337 e. The highest BCUT2D eigenvalue weighted by Crippen LogP contribution is 2.24. The van der Waals surface area contributed by atoms with Gasteiger partial charge >= 0.3 is 5.97 Å². The normalized spacial score (nSPS) is 11.2. The first-order chi connectivity index (χ1) is 11.5. The predicted molar refractivity (Wildman–Crippen MR) is 91.7 cm³/mol. The van der Waals surface area contributed by atoms with Crippen LogP contribution in [0.3, 0.4) is 0 Å². The molecule has 6 heteroatoms. The van der Waals surface area contributed by atoms with Gasteiger partial charge in [0.25, 0.3) is 0 Å². The van der Waals surface area contributed by atoms with Gasteiger partial charge in [0.1, 0.15) is 0 Å². The van der Waals surface area contributed by atoms with Crippen molar-refractivity contribution in [2.45, 2.75) is 13.0 Å². The van der Waals surface area contributed by atoms with Gasteiger partial charge in [-0.15, -0.1) is 0 Å². The minimum atomic E-state index is -0.378. The van der Waals surface area contributed by atoms with Crippen molar-refractivity contribution in [3.05, 3.63) is 59.7 Å². The van der Waals surface area contributed by atoms with Gasteiger partial charge < -0.3 is 10.1 Å². The summed E-state index contributed by atoms with van der Waals surface area (Å²) in [5.74, 6) is -0.438. The molecule has 24 heavy (non-hydrogen) atoms. The third-order valence-electron chi connectivity index (χ3n) is 3.57. The van der Waals surface area contributed by atoms with E-state index in [1.165, 1.54) is 7.11 Å². The second-order valence-corrected chi connectivity index (χ2v) is 5.20. The number of carbonyl (C=O) groups excluding carboxylic acids is 2. The molecule has 0 aromatic heterocycles. The molecule has 0 bridgehead atoms. The molecular formula is C18H19N3O3. The summed E-state index contributed by atoms with van der Waals surface area (Å²) in [6.45, 7) is 1.89. The molecule has 2 rings (SSSR count). The molecule has 0 saturated carbocycles. The summed E-state index contributed by atoms with van der Waals surface area (Å²) in [6.07, 6.45) is 0.455. The lowest BCUT2D eigenvalue weighted by Gasteiger charge is -2.16. The van der Waals surface area contributed by atoms with Crippen LogP contribution >= 0.6 is 0 Å². The largest absolute Gasteiger partial charge is 0.465 e. The van der Waals surface area contributed by atoms with Crippen LogP contribution in [-0.4, -0.2) is 25.4 Å². The number of nitrogens with one attached hydrogen (secondary N) is 3. The summed E-state index contributed by atoms with van der Waals surface area (Å²) in [5, 5.41) is 12.7. The molecule has 0 heterocycles. The van der Waals surface area contributed by atoms with E-state index in [-0.39, 0.29) is 18.0 Å². The zero-order valence-electron chi connectivity index (χ0n) is 13.5. The topological polar surface area (TPSA) is 91.3 Å². The van der Waals surface area contributed by atoms with Gasteiger partial charge in [0.2, 0.25) is 6.41 Å². The maximum Gasteiger partial charge on any atom is 0.337 e. The first-order valence-corrected chi connectivity index (χ1v) is 7.39. The molecule has 2 aromatic carbocycles. The number of hydrogen-bond donors (Lipinski definition) is 3. The van der Waals surface area contributed by atoms with Crippen molar-refractivity contribution in [1.82, 2.24) is 10.6 Å². The number of guanidine groups is 1. The quantitative estimate of drug-likeness (QED) is 0.341. The summed E-state index contributed by atoms with van der Waals surface area (Å²) < 4.78 is 4.75. The standard InChI is InChI=1S/C18H19N3O3/c1-12(21-18(19)20-11-22)13-5-3-6-14(9-13)15-7-4-8-16(10-15)17(23)24-2/h3-12H,1-2H3,(H3,19,20,21,22). The zero-order valence-corrected chi connectivity index (χ0v) is 13.5. The highest BCUT2D eigenvalue weighted by Gasteiger charge is 2.10. The van der Waals surface area contributed by atoms with E-state index >= 15 is 0 Å². The van der Waals surface area contributed by atoms with Gasteiger partial charge in [-0.3, -0.25) is 15.5 Å². The second kappa shape index (κ2) is 7.92. The highest BCUT2D eigenvalue weighted by atomic mass is 16.5. The number of carbonyl (C=O) groups is 2. The molecule has 0 aliphatic heterocycles. The Morgan fingerprint density at radius 3 is 2.50 bits per heavy atom. The lowest BCUT2D eigenvalue weighted by molar-refractivity contribution is -0.108. The molecule has 0 fully saturated rings. The number of rotatable bonds is 5. The third-order valence-corrected chi connectivity index (χ3v) is 3.57. The van der Waals surface area contributed by atoms with Crippen LogP contribution in [0.2, 0.25) is 0 Å². The highest BCUT2D eigenvalue weighted by molar-refractivity contribution is 5.91. The van der Waals surface area contributed by atoms with Crippen molar-refractivity contribution < 1.29 is 14.3 Å². The van der Waals surface area contributed by atoms with E-state index in [0.29, 0.717) is 12.0 Å². The third kappa shape index (κ3) is 4.19. The summed E-state index contributed by atoms with van der Waals surface area (Å²) >= 11 is 0. The van der Waals surface area contributed by atoms with Gasteiger partial charge in [0.05, 0.1) is 18.7 Å². The van der Waals surface area contributed by atoms with Crippen molar-refractivity contribution >= 4 is 18.3 Å². The summed E-state index contributed by atoms with van der Waals surface area (Å²) in [7, 11) is 1.35. The van der Waals surface area contributed by atoms with E-state index in [1.807, 2.05) is 37.3 Å². The van der Waals surface area contributed by atoms with Crippen LogP contribution < -0.4 is 10.6 Å². The average Bonchev–Trinajstić information content (AvgIpc) is 2.61. The fraction of sp³-hybridized carbons (Fsp3) is 0.167. The summed E-state index contributed by atoms with van der Waals surface area (Å²) in [5.41, 5.74) is 3.28. The monoisotopic (exact) mass is 325 g/mol. The fourth-order valence-corrected chi connectivity index (χ4v) is 2.33. The van der Waals surface area contributed by atoms with Crippen LogP contribution in [0.15, 0.2) is 48.5 Å². The predicted octanol–water partition coefficient (Wildman–Crippen LogP) is 2.47. The lowest BCUT2D eigenvalue weighted by Crippen LogP contribution is -2.36. The van der Waals surface area contributed by atoms with Crippen molar-refractivity contribution in [3.63, 3.8) is 0 Å². The Hall–Kier alpha value is -3.15. The van der Waals surface area contributed by atoms with Crippen LogP contribution in [-0.2, 0) is 9.53 Å². The van der Waals surface area contributed by atoms with Crippen molar-refractivity contribution in [3.8, 4) is 11.1 Å². The molecule has 124 valence electrons. The zero-order chi connectivity index (χ0) is 17.5. The number of amides is 1. The van der Waals surface area contributed by atoms with Crippen LogP contribution in [0.1, 0.15) is 28.9 Å². The number of methoxy groups -OCH3 is 1. The van der Waals surface area contributed by atoms with E-state index in [4.69, 9.17) is 10.1 Å². The van der Waals surface area contributed by atoms with Gasteiger partial charge in [-0.25, -0.2) is 4.79 Å². The summed E-state index contributed by atoms with van der Waals surface area (Å²) in [4.78, 5) is 22.0. The molecule has 2 aromatic rings. The van der Waals surface area contributed by atoms with E-state index in [0.717, 1.165) is 16.7 Å². The minimum Gasteiger partial charge on any atom is -0.465 e. The molecule has 0 spiro atoms. The second-order valence-electron chi connectivity index (χ2n) is 5.20. The molecule has 0 radical (unpaired) electrons. The van der Waals surface area contributed by atoms with Gasteiger partial charge in [0.15, 0.2) is 5.96 Å². The molecule has 0 aliphatic carbocycles. The maximum atomic E-state index is 11.7. The number of benzene rings is 2. The molecule has 1 amide bonds. The Morgan fingerprint density at radius 1 is 1.17 bits per heavy atom. The Labute approximate surface area is 140 Å². The molecule has 3 N–H and O–H groups in total. The van der Waals surface area contributed by atoms with Crippen molar-refractivity contribution in [1.29, 1.82) is 5.41 Å². The fourth-order valence-electron chi connectivity index (χ4n) is 2.33. The Kier molecular flexibility index (Phi) is 5.68. The van der Waals surface area contributed by atoms with Crippen LogP contribution in [0.5, 0.6) is 0 Å². The molecule has 0 saturated heterocycles. The van der Waals surface area contributed by atoms with Gasteiger partial charge in [-0.05, 0) is 41.8 Å². The van der Waals surface area contributed by atoms with Gasteiger partial charge in [0, 0.05) is 0 Å². The summed E-state index contributed by atoms with van der Waals surface area (Å²) in [6, 6.07) is 14.8. The van der Waals surface area contributed by atoms with Crippen LogP contribution in [0.25, 0.3) is 11.1 Å². The van der Waals surface area contributed by atoms with Gasteiger partial charge in [-0.1, -0.05) is 30.3 Å². The Morgan fingerprint density at radius 2 is 1.83 bits per heavy atom. The number of esters is 1. The van der Waals surface area contributed by atoms with E-state index in [2.05, 4.69) is 10.6 Å². The molecule has 6 nitrogen and oxygen atoms in total. The maximum absolute atomic E-state index is 11.7. The van der Waals surface area contributed by atoms with Crippen molar-refractivity contribution in [2.24, 2.45) is 0 Å². The number of ether oxygens (including phenoxy) is 1. The first-order valence-electron chi connectivity index (χ1n) is 7.39. The molecule has 1 atom stereocenters. The minimum absolute atomic E-state index is 0.0596. The molecular weight excluding hydrogens is 306 g/mol. The van der Waals surface area contributed by atoms with E-state index in [1.54, 1.807) is 18.2 Å². The van der Waals surface area contributed by atoms with Crippen LogP contribution in [0, 0.1) is 5.41 Å². The average molecular weight is 325 g/mol. The van der Waals surface area contributed by atoms with Crippen LogP contribution in [0.4, 0.5) is 0 Å². The van der Waals surface area contributed by atoms with E-state index < -0.39 is 0 Å². The first kappa shape index (κ1) is 17.2. The van der Waals surface area contributed by atoms with Gasteiger partial charge in [-0.2, -0.15) is 0 Å². The SMILES string of the molecule is COC(=O)c1cccc(-c2cccc(C(C)NC(=N)NC=O)c2)c1. The molecule has 1 unspecified atom stereocenters. The Balaban J connectivity index is 2.25. The van der Waals surface area contributed by atoms with E-state index in [9.17, 15) is 9.59 Å². The molecule has 0 aliphatic rings. The number of hydrogen-bond acceptors (Lipinski definition) is 4.